The van der Waals surface area contributed by atoms with Crippen LogP contribution in [0.2, 0.25) is 0 Å². The van der Waals surface area contributed by atoms with Crippen LogP contribution in [0, 0.1) is 0 Å². The maximum Gasteiger partial charge on any atom is 0.408 e. The van der Waals surface area contributed by atoms with Crippen molar-refractivity contribution >= 4 is 17.9 Å². The standard InChI is InChI=1S/C22H31N3O4/c1-14(15-8-6-5-7-9-15)23-19(26)18-13-11-16-10-12-17(20(27)25(16)18)24-21(28)29-22(2,3)4/h5-9,14,16-18H,10-13H2,1-4H3,(H,23,26)(H,24,28)/t14-,16?,17-,18+/m1/s1. The van der Waals surface area contributed by atoms with Gasteiger partial charge in [0.1, 0.15) is 17.7 Å². The van der Waals surface area contributed by atoms with Gasteiger partial charge in [0.2, 0.25) is 11.8 Å². The molecule has 1 aromatic carbocycles. The molecule has 0 spiro atoms. The monoisotopic (exact) mass is 401 g/mol. The number of nitrogens with one attached hydrogen (secondary N) is 2. The maximum absolute atomic E-state index is 13.1. The van der Waals surface area contributed by atoms with Gasteiger partial charge in [-0.2, -0.15) is 0 Å². The molecule has 0 bridgehead atoms. The summed E-state index contributed by atoms with van der Waals surface area (Å²) in [5.41, 5.74) is 0.387. The lowest BCUT2D eigenvalue weighted by Gasteiger charge is -2.38. The van der Waals surface area contributed by atoms with Gasteiger partial charge in [-0.3, -0.25) is 9.59 Å². The highest BCUT2D eigenvalue weighted by Crippen LogP contribution is 2.33. The molecule has 158 valence electrons. The number of nitrogens with zero attached hydrogens (tertiary/aromatic N) is 1. The second-order valence-electron chi connectivity index (χ2n) is 8.91. The molecule has 2 aliphatic heterocycles. The van der Waals surface area contributed by atoms with E-state index in [1.54, 1.807) is 25.7 Å². The van der Waals surface area contributed by atoms with Crippen LogP contribution in [0.4, 0.5) is 4.79 Å². The maximum atomic E-state index is 13.1. The number of piperidine rings is 1. The zero-order valence-electron chi connectivity index (χ0n) is 17.6. The van der Waals surface area contributed by atoms with Gasteiger partial charge in [0.15, 0.2) is 0 Å². The van der Waals surface area contributed by atoms with E-state index in [0.717, 1.165) is 18.4 Å². The fourth-order valence-electron chi connectivity index (χ4n) is 4.14. The van der Waals surface area contributed by atoms with E-state index < -0.39 is 23.8 Å². The van der Waals surface area contributed by atoms with E-state index in [1.807, 2.05) is 37.3 Å². The molecular weight excluding hydrogens is 370 g/mol. The number of fused-ring (bicyclic) bond motifs is 1. The van der Waals surface area contributed by atoms with Gasteiger partial charge in [0, 0.05) is 6.04 Å². The fourth-order valence-corrected chi connectivity index (χ4v) is 4.14. The normalized spacial score (nSPS) is 25.2. The second-order valence-corrected chi connectivity index (χ2v) is 8.91. The van der Waals surface area contributed by atoms with E-state index in [0.29, 0.717) is 12.8 Å². The highest BCUT2D eigenvalue weighted by atomic mass is 16.6. The van der Waals surface area contributed by atoms with Crippen LogP contribution in [0.15, 0.2) is 30.3 Å². The molecule has 3 rings (SSSR count). The average Bonchev–Trinajstić information content (AvgIpc) is 3.08. The molecule has 2 aliphatic rings. The predicted molar refractivity (Wildman–Crippen MR) is 109 cm³/mol. The molecule has 1 aromatic rings. The number of ether oxygens (including phenoxy) is 1. The number of rotatable bonds is 4. The first-order valence-electron chi connectivity index (χ1n) is 10.3. The van der Waals surface area contributed by atoms with Crippen LogP contribution in [0.1, 0.15) is 65.0 Å². The molecule has 0 aromatic heterocycles. The summed E-state index contributed by atoms with van der Waals surface area (Å²) >= 11 is 0. The number of carbonyl (C=O) groups is 3. The Bertz CT molecular complexity index is 759. The zero-order chi connectivity index (χ0) is 21.2. The molecular formula is C22H31N3O4. The summed E-state index contributed by atoms with van der Waals surface area (Å²) < 4.78 is 5.28. The first-order valence-corrected chi connectivity index (χ1v) is 10.3. The van der Waals surface area contributed by atoms with Crippen LogP contribution in [0.5, 0.6) is 0 Å². The number of carbonyl (C=O) groups excluding carboxylic acids is 3. The summed E-state index contributed by atoms with van der Waals surface area (Å²) in [4.78, 5) is 39.8. The Morgan fingerprint density at radius 1 is 1.10 bits per heavy atom. The Labute approximate surface area is 172 Å². The predicted octanol–water partition coefficient (Wildman–Crippen LogP) is 2.91. The van der Waals surface area contributed by atoms with Crippen molar-refractivity contribution in [2.45, 2.75) is 83.1 Å². The summed E-state index contributed by atoms with van der Waals surface area (Å²) in [5.74, 6) is -0.341. The molecule has 7 heteroatoms. The van der Waals surface area contributed by atoms with Crippen LogP contribution >= 0.6 is 0 Å². The van der Waals surface area contributed by atoms with Crippen molar-refractivity contribution in [2.24, 2.45) is 0 Å². The summed E-state index contributed by atoms with van der Waals surface area (Å²) in [7, 11) is 0. The lowest BCUT2D eigenvalue weighted by molar-refractivity contribution is -0.144. The van der Waals surface area contributed by atoms with Gasteiger partial charge in [-0.25, -0.2) is 4.79 Å². The summed E-state index contributed by atoms with van der Waals surface area (Å²) in [6.07, 6.45) is 2.18. The van der Waals surface area contributed by atoms with Gasteiger partial charge in [0.05, 0.1) is 6.04 Å². The largest absolute Gasteiger partial charge is 0.444 e. The molecule has 0 saturated carbocycles. The molecule has 4 atom stereocenters. The van der Waals surface area contributed by atoms with E-state index in [2.05, 4.69) is 10.6 Å². The molecule has 2 N–H and O–H groups in total. The molecule has 29 heavy (non-hydrogen) atoms. The van der Waals surface area contributed by atoms with Gasteiger partial charge < -0.3 is 20.3 Å². The molecule has 2 heterocycles. The highest BCUT2D eigenvalue weighted by molar-refractivity contribution is 5.92. The molecule has 0 aliphatic carbocycles. The van der Waals surface area contributed by atoms with Crippen molar-refractivity contribution in [3.05, 3.63) is 35.9 Å². The molecule has 0 radical (unpaired) electrons. The number of benzene rings is 1. The van der Waals surface area contributed by atoms with Crippen molar-refractivity contribution in [2.75, 3.05) is 0 Å². The Morgan fingerprint density at radius 3 is 2.41 bits per heavy atom. The molecule has 1 unspecified atom stereocenters. The number of hydrogen-bond acceptors (Lipinski definition) is 4. The van der Waals surface area contributed by atoms with Gasteiger partial charge >= 0.3 is 6.09 Å². The van der Waals surface area contributed by atoms with Crippen LogP contribution in [0.25, 0.3) is 0 Å². The van der Waals surface area contributed by atoms with Crippen molar-refractivity contribution in [3.8, 4) is 0 Å². The molecule has 2 fully saturated rings. The lowest BCUT2D eigenvalue weighted by atomic mass is 9.98. The van der Waals surface area contributed by atoms with Gasteiger partial charge in [-0.15, -0.1) is 0 Å². The number of hydrogen-bond donors (Lipinski definition) is 2. The molecule has 3 amide bonds. The molecule has 2 saturated heterocycles. The SMILES string of the molecule is C[C@@H](NC(=O)[C@@H]1CCC2CC[C@@H](NC(=O)OC(C)(C)C)C(=O)N21)c1ccccc1. The van der Waals surface area contributed by atoms with Crippen molar-refractivity contribution < 1.29 is 19.1 Å². The van der Waals surface area contributed by atoms with Gasteiger partial charge in [-0.05, 0) is 58.9 Å². The van der Waals surface area contributed by atoms with E-state index >= 15 is 0 Å². The zero-order valence-corrected chi connectivity index (χ0v) is 17.6. The summed E-state index contributed by atoms with van der Waals surface area (Å²) in [6, 6.07) is 8.51. The minimum absolute atomic E-state index is 0.0574. The van der Waals surface area contributed by atoms with Gasteiger partial charge in [0.25, 0.3) is 0 Å². The van der Waals surface area contributed by atoms with E-state index in [-0.39, 0.29) is 23.9 Å². The van der Waals surface area contributed by atoms with E-state index in [1.165, 1.54) is 0 Å². The van der Waals surface area contributed by atoms with E-state index in [9.17, 15) is 14.4 Å². The summed E-state index contributed by atoms with van der Waals surface area (Å²) in [6.45, 7) is 7.27. The summed E-state index contributed by atoms with van der Waals surface area (Å²) in [5, 5.41) is 5.71. The van der Waals surface area contributed by atoms with Crippen LogP contribution in [0.3, 0.4) is 0 Å². The third kappa shape index (κ3) is 5.08. The van der Waals surface area contributed by atoms with Crippen LogP contribution in [-0.4, -0.2) is 46.5 Å². The smallest absolute Gasteiger partial charge is 0.408 e. The fraction of sp³-hybridized carbons (Fsp3) is 0.591. The van der Waals surface area contributed by atoms with Crippen molar-refractivity contribution in [1.29, 1.82) is 0 Å². The second kappa shape index (κ2) is 8.43. The first-order chi connectivity index (χ1) is 13.7. The Hall–Kier alpha value is -2.57. The minimum Gasteiger partial charge on any atom is -0.444 e. The Kier molecular flexibility index (Phi) is 6.15. The molecule has 7 nitrogen and oxygen atoms in total. The quantitative estimate of drug-likeness (QED) is 0.812. The Balaban J connectivity index is 1.64. The van der Waals surface area contributed by atoms with E-state index in [4.69, 9.17) is 4.74 Å². The van der Waals surface area contributed by atoms with Gasteiger partial charge in [-0.1, -0.05) is 30.3 Å². The van der Waals surface area contributed by atoms with Crippen molar-refractivity contribution in [1.82, 2.24) is 15.5 Å². The Morgan fingerprint density at radius 2 is 1.76 bits per heavy atom. The highest BCUT2D eigenvalue weighted by Gasteiger charge is 2.46. The topological polar surface area (TPSA) is 87.7 Å². The first kappa shape index (κ1) is 21.1. The average molecular weight is 402 g/mol. The number of amides is 3. The number of alkyl carbamates (subject to hydrolysis) is 1. The lowest BCUT2D eigenvalue weighted by Crippen LogP contribution is -2.59. The third-order valence-electron chi connectivity index (χ3n) is 5.50. The van der Waals surface area contributed by atoms with Crippen LogP contribution in [-0.2, 0) is 14.3 Å². The van der Waals surface area contributed by atoms with Crippen LogP contribution < -0.4 is 10.6 Å². The minimum atomic E-state index is -0.652. The third-order valence-corrected chi connectivity index (χ3v) is 5.50. The van der Waals surface area contributed by atoms with Crippen molar-refractivity contribution in [3.63, 3.8) is 0 Å².